The van der Waals surface area contributed by atoms with E-state index in [1.165, 1.54) is 0 Å². The summed E-state index contributed by atoms with van der Waals surface area (Å²) in [5.74, 6) is -1.09. The Hall–Kier alpha value is -0.630. The molecule has 1 fully saturated rings. The lowest BCUT2D eigenvalue weighted by Gasteiger charge is -2.09. The largest absolute Gasteiger partial charge is 0.368 e. The molecule has 0 spiro atoms. The fourth-order valence-electron chi connectivity index (χ4n) is 1.55. The molecular formula is C6H11NO5S2. The summed E-state index contributed by atoms with van der Waals surface area (Å²) in [6.45, 7) is 0. The summed E-state index contributed by atoms with van der Waals surface area (Å²) in [7, 11) is -7.32. The van der Waals surface area contributed by atoms with E-state index < -0.39 is 35.6 Å². The maximum absolute atomic E-state index is 11.2. The Labute approximate surface area is 82.3 Å². The van der Waals surface area contributed by atoms with Gasteiger partial charge in [0.05, 0.1) is 5.25 Å². The van der Waals surface area contributed by atoms with Crippen LogP contribution >= 0.6 is 0 Å². The molecular weight excluding hydrogens is 230 g/mol. The molecule has 0 aliphatic heterocycles. The van der Waals surface area contributed by atoms with Gasteiger partial charge in [0.15, 0.2) is 24.4 Å². The van der Waals surface area contributed by atoms with Gasteiger partial charge in [-0.15, -0.1) is 0 Å². The van der Waals surface area contributed by atoms with Gasteiger partial charge in [-0.3, -0.25) is 4.79 Å². The minimum absolute atomic E-state index is 0.222. The van der Waals surface area contributed by atoms with Crippen LogP contribution in [-0.4, -0.2) is 45.3 Å². The molecule has 2 N–H and O–H groups in total. The first-order chi connectivity index (χ1) is 6.03. The van der Waals surface area contributed by atoms with Gasteiger partial charge in [0.1, 0.15) is 0 Å². The number of nitrogens with two attached hydrogens (primary N) is 1. The van der Waals surface area contributed by atoms with Crippen molar-refractivity contribution in [3.63, 3.8) is 0 Å². The highest BCUT2D eigenvalue weighted by atomic mass is 32.2. The Morgan fingerprint density at radius 2 is 1.71 bits per heavy atom. The van der Waals surface area contributed by atoms with Gasteiger partial charge >= 0.3 is 0 Å². The molecule has 0 bridgehead atoms. The fourth-order valence-corrected chi connectivity index (χ4v) is 5.39. The van der Waals surface area contributed by atoms with Crippen LogP contribution in [0.1, 0.15) is 6.42 Å². The van der Waals surface area contributed by atoms with E-state index in [1.54, 1.807) is 0 Å². The second kappa shape index (κ2) is 2.69. The van der Waals surface area contributed by atoms with Crippen molar-refractivity contribution in [1.82, 2.24) is 0 Å². The zero-order chi connectivity index (χ0) is 11.4. The van der Waals surface area contributed by atoms with E-state index >= 15 is 0 Å². The van der Waals surface area contributed by atoms with E-state index in [9.17, 15) is 21.6 Å². The molecule has 2 atom stereocenters. The Morgan fingerprint density at radius 3 is 1.79 bits per heavy atom. The van der Waals surface area contributed by atoms with Crippen molar-refractivity contribution in [3.05, 3.63) is 0 Å². The Kier molecular flexibility index (Phi) is 2.20. The SMILES string of the molecule is CS(=O)(=O)C1CC1(C(N)=O)S(C)(=O)=O. The minimum atomic E-state index is -3.78. The van der Waals surface area contributed by atoms with Crippen LogP contribution in [0.5, 0.6) is 0 Å². The quantitative estimate of drug-likeness (QED) is 0.618. The summed E-state index contributed by atoms with van der Waals surface area (Å²) >= 11 is 0. The Balaban J connectivity index is 3.26. The molecule has 6 nitrogen and oxygen atoms in total. The third-order valence-electron chi connectivity index (χ3n) is 2.44. The molecule has 8 heteroatoms. The molecule has 0 heterocycles. The smallest absolute Gasteiger partial charge is 0.240 e. The van der Waals surface area contributed by atoms with Crippen molar-refractivity contribution in [2.24, 2.45) is 5.73 Å². The second-order valence-corrected chi connectivity index (χ2v) is 8.05. The number of carbonyl (C=O) groups excluding carboxylic acids is 1. The predicted molar refractivity (Wildman–Crippen MR) is 50.0 cm³/mol. The summed E-state index contributed by atoms with van der Waals surface area (Å²) < 4.78 is 42.8. The van der Waals surface area contributed by atoms with Crippen molar-refractivity contribution in [2.75, 3.05) is 12.5 Å². The normalized spacial score (nSPS) is 32.6. The molecule has 0 radical (unpaired) electrons. The van der Waals surface area contributed by atoms with Crippen LogP contribution in [0.2, 0.25) is 0 Å². The topological polar surface area (TPSA) is 111 Å². The lowest BCUT2D eigenvalue weighted by atomic mass is 10.4. The van der Waals surface area contributed by atoms with Gasteiger partial charge in [0.2, 0.25) is 5.91 Å². The molecule has 0 aromatic heterocycles. The first-order valence-corrected chi connectivity index (χ1v) is 7.56. The number of amides is 1. The Morgan fingerprint density at radius 1 is 1.29 bits per heavy atom. The maximum Gasteiger partial charge on any atom is 0.240 e. The number of sulfone groups is 2. The van der Waals surface area contributed by atoms with Gasteiger partial charge in [-0.25, -0.2) is 16.8 Å². The van der Waals surface area contributed by atoms with Gasteiger partial charge in [-0.05, 0) is 6.42 Å². The van der Waals surface area contributed by atoms with Crippen LogP contribution in [0.4, 0.5) is 0 Å². The van der Waals surface area contributed by atoms with Crippen LogP contribution in [0.25, 0.3) is 0 Å². The summed E-state index contributed by atoms with van der Waals surface area (Å²) in [5.41, 5.74) is 4.92. The van der Waals surface area contributed by atoms with Crippen molar-refractivity contribution < 1.29 is 21.6 Å². The molecule has 0 aromatic carbocycles. The number of carbonyl (C=O) groups is 1. The minimum Gasteiger partial charge on any atom is -0.368 e. The maximum atomic E-state index is 11.2. The highest BCUT2D eigenvalue weighted by Crippen LogP contribution is 2.47. The van der Waals surface area contributed by atoms with Crippen LogP contribution < -0.4 is 5.73 Å². The van der Waals surface area contributed by atoms with Gasteiger partial charge in [0, 0.05) is 12.5 Å². The standard InChI is InChI=1S/C6H11NO5S2/c1-13(9,10)4-3-6(4,5(7)8)14(2,11)12/h4H,3H2,1-2H3,(H2,7,8). The average molecular weight is 241 g/mol. The van der Waals surface area contributed by atoms with Crippen molar-refractivity contribution in [2.45, 2.75) is 16.4 Å². The van der Waals surface area contributed by atoms with Crippen LogP contribution in [-0.2, 0) is 24.5 Å². The van der Waals surface area contributed by atoms with E-state index in [0.29, 0.717) is 0 Å². The zero-order valence-corrected chi connectivity index (χ0v) is 9.35. The molecule has 1 saturated carbocycles. The summed E-state index contributed by atoms with van der Waals surface area (Å²) in [5, 5.41) is -1.18. The number of rotatable bonds is 3. The van der Waals surface area contributed by atoms with E-state index in [2.05, 4.69) is 0 Å². The lowest BCUT2D eigenvalue weighted by molar-refractivity contribution is -0.118. The second-order valence-electron chi connectivity index (χ2n) is 3.55. The third kappa shape index (κ3) is 1.42. The molecule has 2 unspecified atom stereocenters. The molecule has 1 aliphatic rings. The van der Waals surface area contributed by atoms with Gasteiger partial charge in [-0.1, -0.05) is 0 Å². The van der Waals surface area contributed by atoms with E-state index in [1.807, 2.05) is 0 Å². The van der Waals surface area contributed by atoms with Gasteiger partial charge < -0.3 is 5.73 Å². The highest BCUT2D eigenvalue weighted by molar-refractivity contribution is 7.97. The van der Waals surface area contributed by atoms with E-state index in [0.717, 1.165) is 12.5 Å². The zero-order valence-electron chi connectivity index (χ0n) is 7.72. The summed E-state index contributed by atoms with van der Waals surface area (Å²) in [4.78, 5) is 11.0. The van der Waals surface area contributed by atoms with Gasteiger partial charge in [-0.2, -0.15) is 0 Å². The third-order valence-corrected chi connectivity index (χ3v) is 6.17. The first kappa shape index (κ1) is 11.4. The van der Waals surface area contributed by atoms with Crippen molar-refractivity contribution in [3.8, 4) is 0 Å². The number of hydrogen-bond acceptors (Lipinski definition) is 5. The highest BCUT2D eigenvalue weighted by Gasteiger charge is 2.71. The molecule has 0 saturated heterocycles. The molecule has 1 rings (SSSR count). The van der Waals surface area contributed by atoms with Crippen molar-refractivity contribution >= 4 is 25.6 Å². The molecule has 1 amide bonds. The average Bonchev–Trinajstić information content (AvgIpc) is 2.55. The Bertz CT molecular complexity index is 476. The molecule has 82 valence electrons. The van der Waals surface area contributed by atoms with Crippen LogP contribution in [0, 0.1) is 0 Å². The fraction of sp³-hybridized carbons (Fsp3) is 0.833. The molecule has 14 heavy (non-hydrogen) atoms. The monoisotopic (exact) mass is 241 g/mol. The first-order valence-electron chi connectivity index (χ1n) is 3.72. The van der Waals surface area contributed by atoms with Crippen molar-refractivity contribution in [1.29, 1.82) is 0 Å². The summed E-state index contributed by atoms with van der Waals surface area (Å²) in [6.07, 6.45) is 1.50. The predicted octanol–water partition coefficient (Wildman–Crippen LogP) is -1.93. The van der Waals surface area contributed by atoms with Gasteiger partial charge in [0.25, 0.3) is 0 Å². The molecule has 0 aromatic rings. The number of primary amides is 1. The van der Waals surface area contributed by atoms with E-state index in [4.69, 9.17) is 5.73 Å². The summed E-state index contributed by atoms with van der Waals surface area (Å²) in [6, 6.07) is 0. The van der Waals surface area contributed by atoms with Crippen LogP contribution in [0.3, 0.4) is 0 Å². The molecule has 1 aliphatic carbocycles. The number of hydrogen-bond donors (Lipinski definition) is 1. The lowest BCUT2D eigenvalue weighted by Crippen LogP contribution is -2.42. The van der Waals surface area contributed by atoms with Crippen LogP contribution in [0.15, 0.2) is 0 Å². The van der Waals surface area contributed by atoms with E-state index in [-0.39, 0.29) is 6.42 Å².